The number of likely N-dealkylation sites (tertiary alicyclic amines) is 1. The van der Waals surface area contributed by atoms with E-state index in [0.29, 0.717) is 24.9 Å². The van der Waals surface area contributed by atoms with Crippen LogP contribution in [0.2, 0.25) is 0 Å². The van der Waals surface area contributed by atoms with Gasteiger partial charge < -0.3 is 20.4 Å². The number of hydrogen-bond acceptors (Lipinski definition) is 3. The summed E-state index contributed by atoms with van der Waals surface area (Å²) in [6.45, 7) is 3.91. The zero-order chi connectivity index (χ0) is 21.2. The second kappa shape index (κ2) is 11.9. The number of likely N-dealkylation sites (N-methyl/N-ethyl adjacent to an activating group) is 1. The second-order valence-corrected chi connectivity index (χ2v) is 8.99. The highest BCUT2D eigenvalue weighted by molar-refractivity contribution is 5.76. The Balaban J connectivity index is 1.27. The Labute approximate surface area is 181 Å². The molecule has 0 aromatic heterocycles. The fraction of sp³-hybridized carbons (Fsp3) is 0.667. The van der Waals surface area contributed by atoms with Crippen molar-refractivity contribution in [3.63, 3.8) is 0 Å². The minimum atomic E-state index is 0.0891. The molecule has 166 valence electrons. The van der Waals surface area contributed by atoms with E-state index in [1.54, 1.807) is 0 Å². The van der Waals surface area contributed by atoms with Crippen molar-refractivity contribution in [3.8, 4) is 0 Å². The van der Waals surface area contributed by atoms with E-state index in [9.17, 15) is 9.59 Å². The fourth-order valence-electron chi connectivity index (χ4n) is 4.55. The lowest BCUT2D eigenvalue weighted by Crippen LogP contribution is -2.48. The molecule has 2 fully saturated rings. The Morgan fingerprint density at radius 2 is 1.73 bits per heavy atom. The van der Waals surface area contributed by atoms with Crippen molar-refractivity contribution >= 4 is 11.9 Å². The average molecular weight is 415 g/mol. The maximum atomic E-state index is 12.5. The third-order valence-corrected chi connectivity index (χ3v) is 6.42. The molecule has 1 aromatic rings. The molecule has 1 aliphatic carbocycles. The number of nitrogens with zero attached hydrogens (tertiary/aromatic N) is 2. The number of carbonyl (C=O) groups excluding carboxylic acids is 2. The van der Waals surface area contributed by atoms with Gasteiger partial charge in [-0.1, -0.05) is 49.6 Å². The Bertz CT molecular complexity index is 652. The van der Waals surface area contributed by atoms with Gasteiger partial charge in [0, 0.05) is 45.2 Å². The van der Waals surface area contributed by atoms with Gasteiger partial charge in [0.1, 0.15) is 0 Å². The van der Waals surface area contributed by atoms with Crippen LogP contribution in [-0.2, 0) is 11.3 Å². The summed E-state index contributed by atoms with van der Waals surface area (Å²) in [7, 11) is 2.08. The summed E-state index contributed by atoms with van der Waals surface area (Å²) < 4.78 is 0. The molecule has 30 heavy (non-hydrogen) atoms. The fourth-order valence-corrected chi connectivity index (χ4v) is 4.55. The number of amides is 3. The van der Waals surface area contributed by atoms with Crippen molar-refractivity contribution < 1.29 is 9.59 Å². The number of carbonyl (C=O) groups is 2. The standard InChI is InChI=1S/C24H38N4O2/c1-27(19-21-8-4-2-5-9-21)17-14-25-23(29)18-20-12-15-28(16-13-20)24(30)26-22-10-6-3-7-11-22/h2,4-5,8-9,20,22H,3,6-7,10-19H2,1H3,(H,25,29)(H,26,30). The van der Waals surface area contributed by atoms with E-state index in [0.717, 1.165) is 51.9 Å². The molecule has 0 radical (unpaired) electrons. The van der Waals surface area contributed by atoms with Crippen LogP contribution in [0.1, 0.15) is 56.9 Å². The van der Waals surface area contributed by atoms with Crippen LogP contribution in [0.15, 0.2) is 30.3 Å². The zero-order valence-electron chi connectivity index (χ0n) is 18.4. The summed E-state index contributed by atoms with van der Waals surface area (Å²) >= 11 is 0. The van der Waals surface area contributed by atoms with Gasteiger partial charge in [-0.15, -0.1) is 0 Å². The van der Waals surface area contributed by atoms with E-state index in [2.05, 4.69) is 46.8 Å². The maximum absolute atomic E-state index is 12.5. The zero-order valence-corrected chi connectivity index (χ0v) is 18.4. The van der Waals surface area contributed by atoms with Gasteiger partial charge in [-0.3, -0.25) is 4.79 Å². The van der Waals surface area contributed by atoms with Crippen molar-refractivity contribution in [2.24, 2.45) is 5.92 Å². The molecule has 1 aliphatic heterocycles. The highest BCUT2D eigenvalue weighted by atomic mass is 16.2. The van der Waals surface area contributed by atoms with E-state index in [-0.39, 0.29) is 11.9 Å². The third kappa shape index (κ3) is 7.63. The van der Waals surface area contributed by atoms with Gasteiger partial charge in [-0.05, 0) is 44.2 Å². The molecule has 2 N–H and O–H groups in total. The quantitative estimate of drug-likeness (QED) is 0.685. The predicted octanol–water partition coefficient (Wildman–Crippen LogP) is 3.38. The summed E-state index contributed by atoms with van der Waals surface area (Å²) in [5.41, 5.74) is 1.28. The van der Waals surface area contributed by atoms with E-state index in [4.69, 9.17) is 0 Å². The SMILES string of the molecule is CN(CCNC(=O)CC1CCN(C(=O)NC2CCCCC2)CC1)Cc1ccccc1. The number of rotatable bonds is 8. The maximum Gasteiger partial charge on any atom is 0.317 e. The molecule has 0 unspecified atom stereocenters. The van der Waals surface area contributed by atoms with E-state index in [1.807, 2.05) is 11.0 Å². The normalized spacial score (nSPS) is 18.4. The van der Waals surface area contributed by atoms with Gasteiger partial charge in [0.15, 0.2) is 0 Å². The van der Waals surface area contributed by atoms with Crippen LogP contribution in [0.25, 0.3) is 0 Å². The first-order valence-corrected chi connectivity index (χ1v) is 11.6. The van der Waals surface area contributed by atoms with Crippen LogP contribution in [0.5, 0.6) is 0 Å². The lowest BCUT2D eigenvalue weighted by Gasteiger charge is -2.33. The highest BCUT2D eigenvalue weighted by Crippen LogP contribution is 2.22. The molecule has 6 nitrogen and oxygen atoms in total. The predicted molar refractivity (Wildman–Crippen MR) is 120 cm³/mol. The van der Waals surface area contributed by atoms with Gasteiger partial charge >= 0.3 is 6.03 Å². The van der Waals surface area contributed by atoms with Crippen molar-refractivity contribution in [3.05, 3.63) is 35.9 Å². The first kappa shape index (κ1) is 22.6. The minimum absolute atomic E-state index is 0.0891. The molecule has 0 spiro atoms. The molecule has 0 bridgehead atoms. The Morgan fingerprint density at radius 1 is 1.03 bits per heavy atom. The molecular weight excluding hydrogens is 376 g/mol. The molecule has 1 saturated heterocycles. The second-order valence-electron chi connectivity index (χ2n) is 8.99. The van der Waals surface area contributed by atoms with Crippen LogP contribution in [-0.4, -0.2) is 61.0 Å². The van der Waals surface area contributed by atoms with Gasteiger partial charge in [-0.2, -0.15) is 0 Å². The molecule has 2 aliphatic rings. The Hall–Kier alpha value is -2.08. The van der Waals surface area contributed by atoms with Crippen LogP contribution in [0.3, 0.4) is 0 Å². The minimum Gasteiger partial charge on any atom is -0.355 e. The molecular formula is C24H38N4O2. The topological polar surface area (TPSA) is 64.7 Å². The number of hydrogen-bond donors (Lipinski definition) is 2. The third-order valence-electron chi connectivity index (χ3n) is 6.42. The number of nitrogens with one attached hydrogen (secondary N) is 2. The Morgan fingerprint density at radius 3 is 2.43 bits per heavy atom. The van der Waals surface area contributed by atoms with Gasteiger partial charge in [0.2, 0.25) is 5.91 Å². The first-order chi connectivity index (χ1) is 14.6. The number of urea groups is 1. The monoisotopic (exact) mass is 414 g/mol. The summed E-state index contributed by atoms with van der Waals surface area (Å²) in [6, 6.07) is 10.8. The van der Waals surface area contributed by atoms with Crippen molar-refractivity contribution in [2.75, 3.05) is 33.2 Å². The van der Waals surface area contributed by atoms with Crippen molar-refractivity contribution in [1.82, 2.24) is 20.4 Å². The summed E-state index contributed by atoms with van der Waals surface area (Å²) in [6.07, 6.45) is 8.38. The summed E-state index contributed by atoms with van der Waals surface area (Å²) in [5, 5.41) is 6.26. The highest BCUT2D eigenvalue weighted by Gasteiger charge is 2.26. The number of piperidine rings is 1. The summed E-state index contributed by atoms with van der Waals surface area (Å²) in [5.74, 6) is 0.513. The largest absolute Gasteiger partial charge is 0.355 e. The molecule has 6 heteroatoms. The lowest BCUT2D eigenvalue weighted by atomic mass is 9.93. The first-order valence-electron chi connectivity index (χ1n) is 11.6. The van der Waals surface area contributed by atoms with E-state index >= 15 is 0 Å². The van der Waals surface area contributed by atoms with Crippen LogP contribution >= 0.6 is 0 Å². The summed E-state index contributed by atoms with van der Waals surface area (Å²) in [4.78, 5) is 28.9. The van der Waals surface area contributed by atoms with Crippen LogP contribution in [0.4, 0.5) is 4.79 Å². The van der Waals surface area contributed by atoms with E-state index in [1.165, 1.54) is 24.8 Å². The molecule has 1 heterocycles. The smallest absolute Gasteiger partial charge is 0.317 e. The lowest BCUT2D eigenvalue weighted by molar-refractivity contribution is -0.122. The van der Waals surface area contributed by atoms with Gasteiger partial charge in [-0.25, -0.2) is 4.79 Å². The van der Waals surface area contributed by atoms with Crippen molar-refractivity contribution in [1.29, 1.82) is 0 Å². The molecule has 3 rings (SSSR count). The Kier molecular flexibility index (Phi) is 9.00. The van der Waals surface area contributed by atoms with Crippen LogP contribution in [0, 0.1) is 5.92 Å². The van der Waals surface area contributed by atoms with Gasteiger partial charge in [0.05, 0.1) is 0 Å². The molecule has 1 aromatic carbocycles. The van der Waals surface area contributed by atoms with E-state index < -0.39 is 0 Å². The van der Waals surface area contributed by atoms with Gasteiger partial charge in [0.25, 0.3) is 0 Å². The van der Waals surface area contributed by atoms with Crippen LogP contribution < -0.4 is 10.6 Å². The number of benzene rings is 1. The molecule has 0 atom stereocenters. The molecule has 1 saturated carbocycles. The van der Waals surface area contributed by atoms with Crippen molar-refractivity contribution in [2.45, 2.75) is 64.0 Å². The average Bonchev–Trinajstić information content (AvgIpc) is 2.75. The molecule has 3 amide bonds.